The van der Waals surface area contributed by atoms with E-state index in [2.05, 4.69) is 37.1 Å². The second-order valence-corrected chi connectivity index (χ2v) is 4.28. The molecule has 0 aliphatic rings. The summed E-state index contributed by atoms with van der Waals surface area (Å²) in [6.45, 7) is 8.41. The molecule has 0 spiro atoms. The highest BCUT2D eigenvalue weighted by Gasteiger charge is 2.13. The largest absolute Gasteiger partial charge is 0.366 e. The van der Waals surface area contributed by atoms with E-state index in [0.29, 0.717) is 23.3 Å². The SMILES string of the molecule is CCC(C)C(C)Nc1nccc(C)c1C#N. The van der Waals surface area contributed by atoms with Gasteiger partial charge in [0.25, 0.3) is 0 Å². The van der Waals surface area contributed by atoms with Gasteiger partial charge in [0.2, 0.25) is 0 Å². The Morgan fingerprint density at radius 3 is 2.75 bits per heavy atom. The van der Waals surface area contributed by atoms with Crippen LogP contribution in [-0.2, 0) is 0 Å². The summed E-state index contributed by atoms with van der Waals surface area (Å²) in [5, 5.41) is 12.4. The Labute approximate surface area is 97.5 Å². The van der Waals surface area contributed by atoms with Crippen molar-refractivity contribution in [2.75, 3.05) is 5.32 Å². The van der Waals surface area contributed by atoms with Crippen LogP contribution in [-0.4, -0.2) is 11.0 Å². The number of anilines is 1. The van der Waals surface area contributed by atoms with Gasteiger partial charge in [-0.1, -0.05) is 20.3 Å². The van der Waals surface area contributed by atoms with Gasteiger partial charge in [-0.3, -0.25) is 0 Å². The van der Waals surface area contributed by atoms with Gasteiger partial charge in [0, 0.05) is 12.2 Å². The van der Waals surface area contributed by atoms with Crippen LogP contribution in [0.25, 0.3) is 0 Å². The van der Waals surface area contributed by atoms with Crippen molar-refractivity contribution in [3.05, 3.63) is 23.4 Å². The Morgan fingerprint density at radius 1 is 1.50 bits per heavy atom. The second kappa shape index (κ2) is 5.50. The highest BCUT2D eigenvalue weighted by molar-refractivity contribution is 5.55. The number of aromatic nitrogens is 1. The Balaban J connectivity index is 2.90. The van der Waals surface area contributed by atoms with Crippen molar-refractivity contribution in [2.45, 2.75) is 40.2 Å². The average Bonchev–Trinajstić information content (AvgIpc) is 2.28. The molecule has 0 radical (unpaired) electrons. The van der Waals surface area contributed by atoms with Crippen LogP contribution in [0.1, 0.15) is 38.3 Å². The smallest absolute Gasteiger partial charge is 0.144 e. The Morgan fingerprint density at radius 2 is 2.19 bits per heavy atom. The maximum absolute atomic E-state index is 9.08. The van der Waals surface area contributed by atoms with Gasteiger partial charge in [-0.05, 0) is 31.4 Å². The van der Waals surface area contributed by atoms with Crippen LogP contribution in [0.5, 0.6) is 0 Å². The van der Waals surface area contributed by atoms with Crippen molar-refractivity contribution in [2.24, 2.45) is 5.92 Å². The monoisotopic (exact) mass is 217 g/mol. The van der Waals surface area contributed by atoms with Crippen LogP contribution >= 0.6 is 0 Å². The second-order valence-electron chi connectivity index (χ2n) is 4.28. The van der Waals surface area contributed by atoms with Crippen molar-refractivity contribution in [3.8, 4) is 6.07 Å². The van der Waals surface area contributed by atoms with Gasteiger partial charge in [-0.15, -0.1) is 0 Å². The third kappa shape index (κ3) is 2.73. The lowest BCUT2D eigenvalue weighted by Crippen LogP contribution is -2.24. The number of hydrogen-bond donors (Lipinski definition) is 1. The van der Waals surface area contributed by atoms with Crippen molar-refractivity contribution < 1.29 is 0 Å². The molecule has 3 heteroatoms. The van der Waals surface area contributed by atoms with E-state index in [1.165, 1.54) is 0 Å². The molecule has 0 saturated carbocycles. The summed E-state index contributed by atoms with van der Waals surface area (Å²) >= 11 is 0. The lowest BCUT2D eigenvalue weighted by atomic mass is 10.0. The normalized spacial score (nSPS) is 13.9. The molecule has 2 unspecified atom stereocenters. The first-order valence-electron chi connectivity index (χ1n) is 5.72. The summed E-state index contributed by atoms with van der Waals surface area (Å²) in [6, 6.07) is 4.39. The zero-order chi connectivity index (χ0) is 12.1. The molecule has 1 rings (SSSR count). The molecule has 3 nitrogen and oxygen atoms in total. The molecule has 0 aromatic carbocycles. The van der Waals surface area contributed by atoms with Gasteiger partial charge in [-0.25, -0.2) is 4.98 Å². The molecule has 0 aliphatic heterocycles. The number of hydrogen-bond acceptors (Lipinski definition) is 3. The Kier molecular flexibility index (Phi) is 4.30. The number of nitrogens with zero attached hydrogens (tertiary/aromatic N) is 2. The van der Waals surface area contributed by atoms with Crippen molar-refractivity contribution in [1.29, 1.82) is 5.26 Å². The molecule has 1 N–H and O–H groups in total. The van der Waals surface area contributed by atoms with E-state index in [-0.39, 0.29) is 0 Å². The van der Waals surface area contributed by atoms with Crippen LogP contribution in [0.3, 0.4) is 0 Å². The quantitative estimate of drug-likeness (QED) is 0.843. The standard InChI is InChI=1S/C13H19N3/c1-5-9(2)11(4)16-13-12(8-14)10(3)6-7-15-13/h6-7,9,11H,5H2,1-4H3,(H,15,16). The van der Waals surface area contributed by atoms with E-state index >= 15 is 0 Å². The number of pyridine rings is 1. The molecule has 16 heavy (non-hydrogen) atoms. The maximum Gasteiger partial charge on any atom is 0.144 e. The number of nitrogens with one attached hydrogen (secondary N) is 1. The fraction of sp³-hybridized carbons (Fsp3) is 0.538. The predicted octanol–water partition coefficient (Wildman–Crippen LogP) is 3.11. The molecule has 1 heterocycles. The first kappa shape index (κ1) is 12.5. The van der Waals surface area contributed by atoms with Gasteiger partial charge in [-0.2, -0.15) is 5.26 Å². The molecule has 0 saturated heterocycles. The fourth-order valence-electron chi connectivity index (χ4n) is 1.52. The highest BCUT2D eigenvalue weighted by atomic mass is 15.0. The first-order valence-corrected chi connectivity index (χ1v) is 5.72. The predicted molar refractivity (Wildman–Crippen MR) is 66.2 cm³/mol. The molecule has 86 valence electrons. The average molecular weight is 217 g/mol. The molecule has 1 aromatic heterocycles. The van der Waals surface area contributed by atoms with E-state index < -0.39 is 0 Å². The Hall–Kier alpha value is -1.56. The molecule has 0 aliphatic carbocycles. The maximum atomic E-state index is 9.08. The molecular weight excluding hydrogens is 198 g/mol. The number of nitriles is 1. The van der Waals surface area contributed by atoms with Gasteiger partial charge < -0.3 is 5.32 Å². The zero-order valence-corrected chi connectivity index (χ0v) is 10.4. The minimum Gasteiger partial charge on any atom is -0.366 e. The van der Waals surface area contributed by atoms with E-state index in [0.717, 1.165) is 12.0 Å². The molecule has 0 fully saturated rings. The van der Waals surface area contributed by atoms with Crippen LogP contribution in [0.4, 0.5) is 5.82 Å². The number of rotatable bonds is 4. The Bertz CT molecular complexity index is 393. The van der Waals surface area contributed by atoms with Gasteiger partial charge in [0.15, 0.2) is 0 Å². The minimum absolute atomic E-state index is 0.325. The summed E-state index contributed by atoms with van der Waals surface area (Å²) in [7, 11) is 0. The van der Waals surface area contributed by atoms with Crippen molar-refractivity contribution in [3.63, 3.8) is 0 Å². The van der Waals surface area contributed by atoms with E-state index in [4.69, 9.17) is 5.26 Å². The molecular formula is C13H19N3. The lowest BCUT2D eigenvalue weighted by Gasteiger charge is -2.21. The van der Waals surface area contributed by atoms with E-state index in [1.807, 2.05) is 13.0 Å². The summed E-state index contributed by atoms with van der Waals surface area (Å²) in [6.07, 6.45) is 2.85. The topological polar surface area (TPSA) is 48.7 Å². The summed E-state index contributed by atoms with van der Waals surface area (Å²) < 4.78 is 0. The van der Waals surface area contributed by atoms with E-state index in [9.17, 15) is 0 Å². The van der Waals surface area contributed by atoms with E-state index in [1.54, 1.807) is 6.20 Å². The molecule has 0 bridgehead atoms. The van der Waals surface area contributed by atoms with Gasteiger partial charge >= 0.3 is 0 Å². The lowest BCUT2D eigenvalue weighted by molar-refractivity contribution is 0.493. The van der Waals surface area contributed by atoms with Crippen molar-refractivity contribution >= 4 is 5.82 Å². The van der Waals surface area contributed by atoms with Crippen LogP contribution < -0.4 is 5.32 Å². The number of aryl methyl sites for hydroxylation is 1. The van der Waals surface area contributed by atoms with Gasteiger partial charge in [0.05, 0.1) is 5.56 Å². The summed E-state index contributed by atoms with van der Waals surface area (Å²) in [4.78, 5) is 4.23. The van der Waals surface area contributed by atoms with Crippen LogP contribution in [0.2, 0.25) is 0 Å². The zero-order valence-electron chi connectivity index (χ0n) is 10.4. The van der Waals surface area contributed by atoms with Crippen LogP contribution in [0.15, 0.2) is 12.3 Å². The highest BCUT2D eigenvalue weighted by Crippen LogP contribution is 2.18. The summed E-state index contributed by atoms with van der Waals surface area (Å²) in [5.74, 6) is 1.27. The fourth-order valence-corrected chi connectivity index (χ4v) is 1.52. The van der Waals surface area contributed by atoms with Crippen molar-refractivity contribution in [1.82, 2.24) is 4.98 Å². The summed E-state index contributed by atoms with van der Waals surface area (Å²) in [5.41, 5.74) is 1.62. The molecule has 2 atom stereocenters. The molecule has 0 amide bonds. The third-order valence-electron chi connectivity index (χ3n) is 3.13. The minimum atomic E-state index is 0.325. The first-order chi connectivity index (χ1) is 7.60. The molecule has 1 aromatic rings. The third-order valence-corrected chi connectivity index (χ3v) is 3.13. The van der Waals surface area contributed by atoms with Crippen LogP contribution in [0, 0.1) is 24.2 Å². The van der Waals surface area contributed by atoms with Gasteiger partial charge in [0.1, 0.15) is 11.9 Å².